The largest absolute Gasteiger partial charge is 0.454 e. The van der Waals surface area contributed by atoms with E-state index >= 15 is 0 Å². The summed E-state index contributed by atoms with van der Waals surface area (Å²) in [6.45, 7) is 0. The topological polar surface area (TPSA) is 26.3 Å². The Morgan fingerprint density at radius 3 is 2.42 bits per heavy atom. The molecule has 0 bridgehead atoms. The van der Waals surface area contributed by atoms with Crippen LogP contribution in [0.4, 0.5) is 0 Å². The van der Waals surface area contributed by atoms with Gasteiger partial charge in [0.05, 0.1) is 5.56 Å². The van der Waals surface area contributed by atoms with Crippen LogP contribution in [0, 0.1) is 0 Å². The van der Waals surface area contributed by atoms with Gasteiger partial charge in [-0.25, -0.2) is 4.79 Å². The molecule has 0 aliphatic heterocycles. The molecule has 2 atom stereocenters. The van der Waals surface area contributed by atoms with Gasteiger partial charge in [-0.1, -0.05) is 54.6 Å². The van der Waals surface area contributed by atoms with Crippen molar-refractivity contribution in [3.8, 4) is 4.90 Å². The third kappa shape index (κ3) is 3.05. The molecule has 1 aromatic heterocycles. The van der Waals surface area contributed by atoms with Crippen molar-refractivity contribution in [3.05, 3.63) is 114 Å². The minimum Gasteiger partial charge on any atom is -0.454 e. The van der Waals surface area contributed by atoms with Crippen molar-refractivity contribution >= 4 is 36.6 Å². The van der Waals surface area contributed by atoms with Gasteiger partial charge in [-0.2, -0.15) is 0 Å². The molecule has 1 heterocycles. The number of esters is 1. The lowest BCUT2D eigenvalue weighted by molar-refractivity contribution is 0.0301. The molecule has 0 amide bonds. The molecule has 0 fully saturated rings. The predicted octanol–water partition coefficient (Wildman–Crippen LogP) is 7.58. The number of hydrogen-bond acceptors (Lipinski definition) is 2. The van der Waals surface area contributed by atoms with E-state index in [1.165, 1.54) is 25.2 Å². The van der Waals surface area contributed by atoms with Crippen LogP contribution in [0.5, 0.6) is 0 Å². The second kappa shape index (κ2) is 7.36. The Labute approximate surface area is 183 Å². The second-order valence-corrected chi connectivity index (χ2v) is 9.92. The molecule has 0 saturated carbocycles. The lowest BCUT2D eigenvalue weighted by Crippen LogP contribution is -2.09. The minimum absolute atomic E-state index is 0.148. The van der Waals surface area contributed by atoms with Gasteiger partial charge in [0.15, 0.2) is 14.3 Å². The fourth-order valence-corrected chi connectivity index (χ4v) is 7.06. The molecule has 0 radical (unpaired) electrons. The van der Waals surface area contributed by atoms with Crippen molar-refractivity contribution in [2.45, 2.75) is 18.9 Å². The maximum absolute atomic E-state index is 13.1. The van der Waals surface area contributed by atoms with E-state index in [-0.39, 0.29) is 22.5 Å². The highest BCUT2D eigenvalue weighted by atomic mass is 32.2. The summed E-state index contributed by atoms with van der Waals surface area (Å²) in [4.78, 5) is 14.4. The number of carbonyl (C=O) groups excluding carboxylic acids is 1. The number of fused-ring (bicyclic) bond motifs is 4. The summed E-state index contributed by atoms with van der Waals surface area (Å²) in [7, 11) is -0.148. The zero-order valence-electron chi connectivity index (χ0n) is 17.0. The van der Waals surface area contributed by atoms with Gasteiger partial charge in [0, 0.05) is 21.2 Å². The molecule has 2 nitrogen and oxygen atoms in total. The van der Waals surface area contributed by atoms with Gasteiger partial charge < -0.3 is 4.74 Å². The summed E-state index contributed by atoms with van der Waals surface area (Å²) in [5.41, 5.74) is 3.06. The number of benzene rings is 4. The monoisotopic (exact) mass is 421 g/mol. The Hall–Kier alpha value is -3.43. The van der Waals surface area contributed by atoms with E-state index in [4.69, 9.17) is 4.74 Å². The highest BCUT2D eigenvalue weighted by Crippen LogP contribution is 2.48. The summed E-state index contributed by atoms with van der Waals surface area (Å²) in [5, 5.41) is 2.36. The van der Waals surface area contributed by atoms with Crippen molar-refractivity contribution in [1.82, 2.24) is 0 Å². The third-order valence-corrected chi connectivity index (χ3v) is 8.47. The lowest BCUT2D eigenvalue weighted by atomic mass is 10.1. The number of hydrogen-bond donors (Lipinski definition) is 0. The molecule has 0 saturated heterocycles. The first-order chi connectivity index (χ1) is 15.3. The number of aryl methyl sites for hydroxylation is 1. The normalized spacial score (nSPS) is 15.9. The zero-order chi connectivity index (χ0) is 20.8. The van der Waals surface area contributed by atoms with E-state index in [0.29, 0.717) is 5.56 Å². The van der Waals surface area contributed by atoms with Crippen LogP contribution in [-0.4, -0.2) is 5.97 Å². The van der Waals surface area contributed by atoms with Crippen LogP contribution < -0.4 is 0 Å². The summed E-state index contributed by atoms with van der Waals surface area (Å²) < 4.78 is 8.54. The number of carbonyl (C=O) groups is 1. The fourth-order valence-electron chi connectivity index (χ4n) is 4.68. The molecule has 3 heteroatoms. The van der Waals surface area contributed by atoms with Gasteiger partial charge in [-0.3, -0.25) is 0 Å². The molecular weight excluding hydrogens is 400 g/mol. The highest BCUT2D eigenvalue weighted by Gasteiger charge is 2.28. The van der Waals surface area contributed by atoms with E-state index in [2.05, 4.69) is 72.8 Å². The maximum Gasteiger partial charge on any atom is 0.338 e. The SMILES string of the molecule is O=C(OC1CCc2ccccc21)c1ccc2c(c1)c1ccccc1[s+]2-c1ccccc1. The van der Waals surface area contributed by atoms with Crippen molar-refractivity contribution in [2.75, 3.05) is 0 Å². The molecule has 31 heavy (non-hydrogen) atoms. The Morgan fingerprint density at radius 1 is 0.774 bits per heavy atom. The first-order valence-corrected chi connectivity index (χ1v) is 11.8. The second-order valence-electron chi connectivity index (χ2n) is 7.96. The zero-order valence-corrected chi connectivity index (χ0v) is 17.8. The maximum atomic E-state index is 13.1. The average molecular weight is 422 g/mol. The molecule has 0 spiro atoms. The number of ether oxygens (including phenoxy) is 1. The standard InChI is InChI=1S/C28H21O2S/c29-28(30-25-16-14-19-8-4-5-11-22(19)25)20-15-17-27-24(18-20)23-12-6-7-13-26(23)31(27)21-9-2-1-3-10-21/h1-13,15,17-18,25H,14,16H2/q+1. The Bertz CT molecular complexity index is 1430. The molecule has 1 aliphatic rings. The summed E-state index contributed by atoms with van der Waals surface area (Å²) in [6.07, 6.45) is 1.67. The van der Waals surface area contributed by atoms with Gasteiger partial charge in [-0.05, 0) is 66.4 Å². The third-order valence-electron chi connectivity index (χ3n) is 6.14. The van der Waals surface area contributed by atoms with Gasteiger partial charge >= 0.3 is 5.97 Å². The summed E-state index contributed by atoms with van der Waals surface area (Å²) in [5.74, 6) is -0.242. The van der Waals surface area contributed by atoms with E-state index in [1.54, 1.807) is 0 Å². The molecule has 6 rings (SSSR count). The van der Waals surface area contributed by atoms with Crippen LogP contribution in [0.3, 0.4) is 0 Å². The Kier molecular flexibility index (Phi) is 4.36. The first kappa shape index (κ1) is 18.3. The number of thiophene rings is 1. The van der Waals surface area contributed by atoms with E-state index in [0.717, 1.165) is 23.8 Å². The number of rotatable bonds is 3. The molecule has 1 aliphatic carbocycles. The van der Waals surface area contributed by atoms with Crippen LogP contribution in [0.2, 0.25) is 0 Å². The van der Waals surface area contributed by atoms with E-state index in [1.807, 2.05) is 24.3 Å². The summed E-state index contributed by atoms with van der Waals surface area (Å²) >= 11 is 0. The van der Waals surface area contributed by atoms with Crippen LogP contribution in [-0.2, 0) is 11.2 Å². The minimum atomic E-state index is -0.242. The van der Waals surface area contributed by atoms with Gasteiger partial charge in [-0.15, -0.1) is 0 Å². The van der Waals surface area contributed by atoms with Crippen LogP contribution in [0.25, 0.3) is 25.1 Å². The van der Waals surface area contributed by atoms with Crippen LogP contribution in [0.15, 0.2) is 97.1 Å². The molecule has 4 aromatic carbocycles. The Balaban J connectivity index is 1.42. The Morgan fingerprint density at radius 2 is 1.52 bits per heavy atom. The summed E-state index contributed by atoms with van der Waals surface area (Å²) in [6, 6.07) is 33.5. The van der Waals surface area contributed by atoms with Crippen LogP contribution in [0.1, 0.15) is 34.0 Å². The molecular formula is C28H21O2S+. The van der Waals surface area contributed by atoms with Crippen molar-refractivity contribution in [2.24, 2.45) is 0 Å². The molecule has 2 unspecified atom stereocenters. The van der Waals surface area contributed by atoms with Crippen molar-refractivity contribution in [1.29, 1.82) is 0 Å². The van der Waals surface area contributed by atoms with Gasteiger partial charge in [0.1, 0.15) is 6.10 Å². The average Bonchev–Trinajstić information content (AvgIpc) is 3.38. The van der Waals surface area contributed by atoms with Crippen molar-refractivity contribution in [3.63, 3.8) is 0 Å². The smallest absolute Gasteiger partial charge is 0.338 e. The van der Waals surface area contributed by atoms with Crippen LogP contribution >= 0.6 is 10.5 Å². The van der Waals surface area contributed by atoms with Gasteiger partial charge in [0.25, 0.3) is 0 Å². The van der Waals surface area contributed by atoms with E-state index in [9.17, 15) is 4.79 Å². The van der Waals surface area contributed by atoms with Crippen molar-refractivity contribution < 1.29 is 9.53 Å². The quantitative estimate of drug-likeness (QED) is 0.222. The lowest BCUT2D eigenvalue weighted by Gasteiger charge is -2.13. The fraction of sp³-hybridized carbons (Fsp3) is 0.107. The molecule has 150 valence electrons. The first-order valence-electron chi connectivity index (χ1n) is 10.6. The highest BCUT2D eigenvalue weighted by molar-refractivity contribution is 7.50. The molecule has 0 N–H and O–H groups in total. The predicted molar refractivity (Wildman–Crippen MR) is 128 cm³/mol. The van der Waals surface area contributed by atoms with E-state index < -0.39 is 0 Å². The van der Waals surface area contributed by atoms with Gasteiger partial charge in [0.2, 0.25) is 0 Å². The molecule has 5 aromatic rings.